The van der Waals surface area contributed by atoms with Crippen molar-refractivity contribution in [3.63, 3.8) is 0 Å². The third kappa shape index (κ3) is 3.89. The summed E-state index contributed by atoms with van der Waals surface area (Å²) in [5, 5.41) is 13.2. The molecule has 2 heterocycles. The second-order valence-corrected chi connectivity index (χ2v) is 6.50. The SMILES string of the molecule is Cl.O=C(NCc1cccc2ccccc12)c1ccn(C2CCCNC2)n1. The van der Waals surface area contributed by atoms with E-state index in [9.17, 15) is 4.79 Å². The van der Waals surface area contributed by atoms with Crippen molar-refractivity contribution in [3.05, 3.63) is 66.0 Å². The molecule has 1 amide bonds. The number of nitrogens with one attached hydrogen (secondary N) is 2. The lowest BCUT2D eigenvalue weighted by Gasteiger charge is -2.22. The summed E-state index contributed by atoms with van der Waals surface area (Å²) in [6.45, 7) is 2.48. The Balaban J connectivity index is 0.00000196. The van der Waals surface area contributed by atoms with Gasteiger partial charge >= 0.3 is 0 Å². The number of piperidine rings is 1. The first kappa shape index (κ1) is 18.4. The molecule has 1 aliphatic rings. The van der Waals surface area contributed by atoms with Crippen molar-refractivity contribution >= 4 is 29.1 Å². The molecule has 2 N–H and O–H groups in total. The molecule has 1 fully saturated rings. The Morgan fingerprint density at radius 1 is 1.19 bits per heavy atom. The maximum absolute atomic E-state index is 12.4. The fraction of sp³-hybridized carbons (Fsp3) is 0.300. The van der Waals surface area contributed by atoms with Gasteiger partial charge in [-0.2, -0.15) is 5.10 Å². The van der Waals surface area contributed by atoms with Gasteiger partial charge in [0.2, 0.25) is 0 Å². The minimum Gasteiger partial charge on any atom is -0.347 e. The van der Waals surface area contributed by atoms with Crippen LogP contribution in [0.5, 0.6) is 0 Å². The highest BCUT2D eigenvalue weighted by molar-refractivity contribution is 5.92. The van der Waals surface area contributed by atoms with Crippen LogP contribution in [0.2, 0.25) is 0 Å². The van der Waals surface area contributed by atoms with E-state index in [0.29, 0.717) is 18.3 Å². The summed E-state index contributed by atoms with van der Waals surface area (Å²) in [5.74, 6) is -0.129. The first-order valence-corrected chi connectivity index (χ1v) is 8.82. The van der Waals surface area contributed by atoms with Gasteiger partial charge in [0.15, 0.2) is 0 Å². The maximum atomic E-state index is 12.4. The Hall–Kier alpha value is -2.37. The first-order chi connectivity index (χ1) is 12.3. The minimum absolute atomic E-state index is 0. The number of amides is 1. The van der Waals surface area contributed by atoms with Crippen molar-refractivity contribution in [2.75, 3.05) is 13.1 Å². The fourth-order valence-corrected chi connectivity index (χ4v) is 3.43. The zero-order valence-electron chi connectivity index (χ0n) is 14.5. The number of rotatable bonds is 4. The Morgan fingerprint density at radius 2 is 2.04 bits per heavy atom. The van der Waals surface area contributed by atoms with Crippen LogP contribution >= 0.6 is 12.4 Å². The summed E-state index contributed by atoms with van der Waals surface area (Å²) < 4.78 is 1.92. The molecule has 1 aliphatic heterocycles. The number of benzene rings is 2. The van der Waals surface area contributed by atoms with Crippen molar-refractivity contribution in [1.29, 1.82) is 0 Å². The molecule has 26 heavy (non-hydrogen) atoms. The standard InChI is InChI=1S/C20H22N4O.ClH/c25-20(19-10-12-24(23-19)17-8-4-11-21-14-17)22-13-16-7-3-6-15-5-1-2-9-18(15)16;/h1-3,5-7,9-10,12,17,21H,4,8,11,13-14H2,(H,22,25);1H. The fourth-order valence-electron chi connectivity index (χ4n) is 3.43. The van der Waals surface area contributed by atoms with E-state index in [-0.39, 0.29) is 18.3 Å². The summed E-state index contributed by atoms with van der Waals surface area (Å²) in [6, 6.07) is 16.5. The van der Waals surface area contributed by atoms with Crippen LogP contribution in [0.15, 0.2) is 54.7 Å². The summed E-state index contributed by atoms with van der Waals surface area (Å²) in [7, 11) is 0. The topological polar surface area (TPSA) is 59.0 Å². The molecule has 0 aliphatic carbocycles. The Bertz CT molecular complexity index is 881. The third-order valence-corrected chi connectivity index (χ3v) is 4.81. The number of nitrogens with zero attached hydrogens (tertiary/aromatic N) is 2. The van der Waals surface area contributed by atoms with Gasteiger partial charge in [-0.05, 0) is 41.8 Å². The van der Waals surface area contributed by atoms with E-state index in [1.54, 1.807) is 6.07 Å². The monoisotopic (exact) mass is 370 g/mol. The number of hydrogen-bond acceptors (Lipinski definition) is 3. The van der Waals surface area contributed by atoms with Crippen LogP contribution in [0.3, 0.4) is 0 Å². The zero-order chi connectivity index (χ0) is 17.1. The smallest absolute Gasteiger partial charge is 0.272 e. The van der Waals surface area contributed by atoms with Crippen LogP contribution in [-0.2, 0) is 6.54 Å². The number of halogens is 1. The number of fused-ring (bicyclic) bond motifs is 1. The predicted molar refractivity (Wildman–Crippen MR) is 106 cm³/mol. The second-order valence-electron chi connectivity index (χ2n) is 6.50. The van der Waals surface area contributed by atoms with Crippen LogP contribution in [0.1, 0.15) is 34.9 Å². The number of hydrogen-bond donors (Lipinski definition) is 2. The summed E-state index contributed by atoms with van der Waals surface area (Å²) >= 11 is 0. The molecular formula is C20H23ClN4O. The van der Waals surface area contributed by atoms with E-state index < -0.39 is 0 Å². The van der Waals surface area contributed by atoms with Gasteiger partial charge in [0.1, 0.15) is 5.69 Å². The number of aromatic nitrogens is 2. The first-order valence-electron chi connectivity index (χ1n) is 8.82. The van der Waals surface area contributed by atoms with Gasteiger partial charge in [-0.1, -0.05) is 42.5 Å². The Morgan fingerprint density at radius 3 is 2.88 bits per heavy atom. The van der Waals surface area contributed by atoms with Crippen molar-refractivity contribution in [1.82, 2.24) is 20.4 Å². The van der Waals surface area contributed by atoms with Crippen LogP contribution in [0.4, 0.5) is 0 Å². The van der Waals surface area contributed by atoms with Crippen LogP contribution < -0.4 is 10.6 Å². The molecule has 0 bridgehead atoms. The molecule has 1 saturated heterocycles. The molecule has 0 saturated carbocycles. The predicted octanol–water partition coefficient (Wildman–Crippen LogP) is 3.31. The summed E-state index contributed by atoms with van der Waals surface area (Å²) in [5.41, 5.74) is 1.59. The normalized spacial score (nSPS) is 16.8. The average molecular weight is 371 g/mol. The van der Waals surface area contributed by atoms with Gasteiger partial charge in [-0.15, -0.1) is 12.4 Å². The molecule has 3 aromatic rings. The molecule has 1 unspecified atom stereocenters. The number of carbonyl (C=O) groups excluding carboxylic acids is 1. The lowest BCUT2D eigenvalue weighted by Crippen LogP contribution is -2.32. The Kier molecular flexibility index (Phi) is 5.91. The van der Waals surface area contributed by atoms with Gasteiger partial charge < -0.3 is 10.6 Å². The van der Waals surface area contributed by atoms with Crippen molar-refractivity contribution < 1.29 is 4.79 Å². The molecule has 4 rings (SSSR count). The van der Waals surface area contributed by atoms with Crippen LogP contribution in [-0.4, -0.2) is 28.8 Å². The third-order valence-electron chi connectivity index (χ3n) is 4.81. The molecule has 5 nitrogen and oxygen atoms in total. The van der Waals surface area contributed by atoms with E-state index in [1.807, 2.05) is 29.1 Å². The average Bonchev–Trinajstić information content (AvgIpc) is 3.17. The largest absolute Gasteiger partial charge is 0.347 e. The lowest BCUT2D eigenvalue weighted by atomic mass is 10.0. The van der Waals surface area contributed by atoms with E-state index >= 15 is 0 Å². The van der Waals surface area contributed by atoms with Crippen LogP contribution in [0, 0.1) is 0 Å². The van der Waals surface area contributed by atoms with E-state index in [2.05, 4.69) is 40.0 Å². The summed E-state index contributed by atoms with van der Waals surface area (Å²) in [6.07, 6.45) is 4.16. The zero-order valence-corrected chi connectivity index (χ0v) is 15.3. The van der Waals surface area contributed by atoms with E-state index in [0.717, 1.165) is 31.5 Å². The van der Waals surface area contributed by atoms with Crippen molar-refractivity contribution in [3.8, 4) is 0 Å². The molecule has 136 valence electrons. The maximum Gasteiger partial charge on any atom is 0.272 e. The molecule has 6 heteroatoms. The second kappa shape index (κ2) is 8.34. The van der Waals surface area contributed by atoms with Gasteiger partial charge in [0.25, 0.3) is 5.91 Å². The van der Waals surface area contributed by atoms with Gasteiger partial charge in [-0.3, -0.25) is 9.48 Å². The van der Waals surface area contributed by atoms with Gasteiger partial charge in [0.05, 0.1) is 6.04 Å². The molecule has 2 aromatic carbocycles. The highest BCUT2D eigenvalue weighted by Gasteiger charge is 2.17. The molecular weight excluding hydrogens is 348 g/mol. The quantitative estimate of drug-likeness (QED) is 0.740. The van der Waals surface area contributed by atoms with E-state index in [1.165, 1.54) is 10.8 Å². The number of carbonyl (C=O) groups is 1. The van der Waals surface area contributed by atoms with Crippen molar-refractivity contribution in [2.45, 2.75) is 25.4 Å². The van der Waals surface area contributed by atoms with Gasteiger partial charge in [0, 0.05) is 19.3 Å². The van der Waals surface area contributed by atoms with Crippen molar-refractivity contribution in [2.24, 2.45) is 0 Å². The lowest BCUT2D eigenvalue weighted by molar-refractivity contribution is 0.0944. The molecule has 1 aromatic heterocycles. The van der Waals surface area contributed by atoms with E-state index in [4.69, 9.17) is 0 Å². The Labute approximate surface area is 159 Å². The molecule has 0 spiro atoms. The van der Waals surface area contributed by atoms with Crippen LogP contribution in [0.25, 0.3) is 10.8 Å². The summed E-state index contributed by atoms with van der Waals surface area (Å²) in [4.78, 5) is 12.4. The van der Waals surface area contributed by atoms with Gasteiger partial charge in [-0.25, -0.2) is 0 Å². The highest BCUT2D eigenvalue weighted by atomic mass is 35.5. The highest BCUT2D eigenvalue weighted by Crippen LogP contribution is 2.19. The molecule has 1 atom stereocenters. The minimum atomic E-state index is -0.129. The molecule has 0 radical (unpaired) electrons.